The first-order chi connectivity index (χ1) is 17.5. The van der Waals surface area contributed by atoms with Crippen molar-refractivity contribution < 1.29 is 18.0 Å². The molecule has 196 valence electrons. The van der Waals surface area contributed by atoms with Gasteiger partial charge < -0.3 is 10.2 Å². The van der Waals surface area contributed by atoms with E-state index in [1.54, 1.807) is 19.1 Å². The number of anilines is 1. The molecule has 1 N–H and O–H groups in total. The Labute approximate surface area is 228 Å². The van der Waals surface area contributed by atoms with Crippen LogP contribution in [0.1, 0.15) is 18.1 Å². The SMILES string of the molecule is CNC(=O)C(C)N(CCc1ccccc1)C(=O)CN(c1ccc(Cl)c(Cl)c1)S(=O)(=O)c1ccc(C)cc1. The molecule has 0 aromatic heterocycles. The van der Waals surface area contributed by atoms with Gasteiger partial charge in [0.15, 0.2) is 0 Å². The molecule has 0 radical (unpaired) electrons. The van der Waals surface area contributed by atoms with Crippen molar-refractivity contribution in [2.75, 3.05) is 24.4 Å². The summed E-state index contributed by atoms with van der Waals surface area (Å²) in [5.41, 5.74) is 2.06. The van der Waals surface area contributed by atoms with Crippen LogP contribution in [0.2, 0.25) is 10.0 Å². The molecule has 7 nitrogen and oxygen atoms in total. The molecule has 2 amide bonds. The zero-order chi connectivity index (χ0) is 27.2. The van der Waals surface area contributed by atoms with E-state index in [4.69, 9.17) is 23.2 Å². The van der Waals surface area contributed by atoms with Crippen molar-refractivity contribution in [3.63, 3.8) is 0 Å². The predicted octanol–water partition coefficient (Wildman–Crippen LogP) is 4.70. The van der Waals surface area contributed by atoms with Crippen LogP contribution in [0.3, 0.4) is 0 Å². The number of amides is 2. The quantitative estimate of drug-likeness (QED) is 0.388. The zero-order valence-corrected chi connectivity index (χ0v) is 23.1. The van der Waals surface area contributed by atoms with E-state index in [0.29, 0.717) is 6.42 Å². The van der Waals surface area contributed by atoms with Crippen LogP contribution in [-0.2, 0) is 26.0 Å². The predicted molar refractivity (Wildman–Crippen MR) is 148 cm³/mol. The third-order valence-corrected chi connectivity index (χ3v) is 8.50. The molecule has 0 bridgehead atoms. The zero-order valence-electron chi connectivity index (χ0n) is 20.8. The number of carbonyl (C=O) groups is 2. The average molecular weight is 563 g/mol. The number of nitrogens with one attached hydrogen (secondary N) is 1. The van der Waals surface area contributed by atoms with E-state index >= 15 is 0 Å². The number of halogens is 2. The number of nitrogens with zero attached hydrogens (tertiary/aromatic N) is 2. The van der Waals surface area contributed by atoms with Crippen LogP contribution in [-0.4, -0.2) is 51.3 Å². The van der Waals surface area contributed by atoms with Crippen LogP contribution in [0.25, 0.3) is 0 Å². The van der Waals surface area contributed by atoms with Gasteiger partial charge in [0.2, 0.25) is 11.8 Å². The maximum Gasteiger partial charge on any atom is 0.264 e. The highest BCUT2D eigenvalue weighted by atomic mass is 35.5. The first-order valence-electron chi connectivity index (χ1n) is 11.6. The van der Waals surface area contributed by atoms with Gasteiger partial charge in [-0.3, -0.25) is 13.9 Å². The van der Waals surface area contributed by atoms with Gasteiger partial charge >= 0.3 is 0 Å². The summed E-state index contributed by atoms with van der Waals surface area (Å²) in [5.74, 6) is -0.891. The third kappa shape index (κ3) is 7.03. The van der Waals surface area contributed by atoms with Crippen molar-refractivity contribution in [3.8, 4) is 0 Å². The lowest BCUT2D eigenvalue weighted by atomic mass is 10.1. The van der Waals surface area contributed by atoms with Gasteiger partial charge in [-0.15, -0.1) is 0 Å². The molecule has 37 heavy (non-hydrogen) atoms. The van der Waals surface area contributed by atoms with Gasteiger partial charge in [-0.2, -0.15) is 0 Å². The monoisotopic (exact) mass is 561 g/mol. The van der Waals surface area contributed by atoms with E-state index in [9.17, 15) is 18.0 Å². The Morgan fingerprint density at radius 1 is 0.946 bits per heavy atom. The van der Waals surface area contributed by atoms with Crippen molar-refractivity contribution >= 4 is 50.7 Å². The normalized spacial score (nSPS) is 12.0. The van der Waals surface area contributed by atoms with Crippen molar-refractivity contribution in [2.45, 2.75) is 31.2 Å². The lowest BCUT2D eigenvalue weighted by Crippen LogP contribution is -2.51. The van der Waals surface area contributed by atoms with Crippen LogP contribution in [0.15, 0.2) is 77.7 Å². The lowest BCUT2D eigenvalue weighted by molar-refractivity contribution is -0.138. The molecule has 1 atom stereocenters. The lowest BCUT2D eigenvalue weighted by Gasteiger charge is -2.31. The van der Waals surface area contributed by atoms with Gasteiger partial charge in [-0.05, 0) is 56.2 Å². The molecule has 0 aliphatic rings. The van der Waals surface area contributed by atoms with Crippen molar-refractivity contribution in [1.82, 2.24) is 10.2 Å². The summed E-state index contributed by atoms with van der Waals surface area (Å²) < 4.78 is 28.5. The van der Waals surface area contributed by atoms with E-state index in [1.807, 2.05) is 37.3 Å². The van der Waals surface area contributed by atoms with Gasteiger partial charge in [0.1, 0.15) is 12.6 Å². The van der Waals surface area contributed by atoms with Crippen LogP contribution in [0.4, 0.5) is 5.69 Å². The van der Waals surface area contributed by atoms with Crippen molar-refractivity contribution in [3.05, 3.63) is 94.0 Å². The molecule has 1 unspecified atom stereocenters. The van der Waals surface area contributed by atoms with Crippen LogP contribution in [0, 0.1) is 6.92 Å². The summed E-state index contributed by atoms with van der Waals surface area (Å²) in [6.45, 7) is 3.14. The highest BCUT2D eigenvalue weighted by Crippen LogP contribution is 2.31. The minimum absolute atomic E-state index is 0.0205. The molecule has 0 aliphatic carbocycles. The average Bonchev–Trinajstić information content (AvgIpc) is 2.89. The summed E-state index contributed by atoms with van der Waals surface area (Å²) >= 11 is 12.3. The minimum Gasteiger partial charge on any atom is -0.357 e. The van der Waals surface area contributed by atoms with Crippen molar-refractivity contribution in [2.24, 2.45) is 0 Å². The second-order valence-corrected chi connectivity index (χ2v) is 11.2. The number of carbonyl (C=O) groups excluding carboxylic acids is 2. The molecule has 3 aromatic rings. The number of aryl methyl sites for hydroxylation is 1. The Balaban J connectivity index is 2.00. The fraction of sp³-hybridized carbons (Fsp3) is 0.259. The standard InChI is InChI=1S/C27H29Cl2N3O4S/c1-19-9-12-23(13-10-19)37(35,36)32(22-11-14-24(28)25(29)17-22)18-26(33)31(20(2)27(34)30-3)16-15-21-7-5-4-6-8-21/h4-14,17,20H,15-16,18H2,1-3H3,(H,30,34). The Morgan fingerprint density at radius 3 is 2.19 bits per heavy atom. The van der Waals surface area contributed by atoms with Crippen LogP contribution >= 0.6 is 23.2 Å². The van der Waals surface area contributed by atoms with Crippen LogP contribution in [0.5, 0.6) is 0 Å². The summed E-state index contributed by atoms with van der Waals surface area (Å²) in [7, 11) is -2.68. The highest BCUT2D eigenvalue weighted by molar-refractivity contribution is 7.92. The molecule has 0 fully saturated rings. The number of benzene rings is 3. The first kappa shape index (κ1) is 28.5. The topological polar surface area (TPSA) is 86.8 Å². The molecule has 3 rings (SSSR count). The number of sulfonamides is 1. The number of rotatable bonds is 10. The molecule has 0 heterocycles. The second-order valence-electron chi connectivity index (χ2n) is 8.54. The maximum absolute atomic E-state index is 13.7. The summed E-state index contributed by atoms with van der Waals surface area (Å²) in [5, 5.41) is 2.96. The molecule has 0 spiro atoms. The first-order valence-corrected chi connectivity index (χ1v) is 13.8. The fourth-order valence-electron chi connectivity index (χ4n) is 3.79. The summed E-state index contributed by atoms with van der Waals surface area (Å²) in [4.78, 5) is 27.6. The minimum atomic E-state index is -4.16. The Hall–Kier alpha value is -3.07. The highest BCUT2D eigenvalue weighted by Gasteiger charge is 2.32. The van der Waals surface area contributed by atoms with E-state index < -0.39 is 28.5 Å². The smallest absolute Gasteiger partial charge is 0.264 e. The largest absolute Gasteiger partial charge is 0.357 e. The number of likely N-dealkylation sites (N-methyl/N-ethyl adjacent to an activating group) is 1. The van der Waals surface area contributed by atoms with Gasteiger partial charge in [0.05, 0.1) is 20.6 Å². The third-order valence-electron chi connectivity index (χ3n) is 5.98. The Bertz CT molecular complexity index is 1350. The Morgan fingerprint density at radius 2 is 1.59 bits per heavy atom. The van der Waals surface area contributed by atoms with E-state index in [-0.39, 0.29) is 33.1 Å². The van der Waals surface area contributed by atoms with Gasteiger partial charge in [-0.1, -0.05) is 71.2 Å². The molecule has 10 heteroatoms. The molecule has 0 saturated carbocycles. The number of hydrogen-bond donors (Lipinski definition) is 1. The van der Waals surface area contributed by atoms with Crippen LogP contribution < -0.4 is 9.62 Å². The molecule has 3 aromatic carbocycles. The molecule has 0 aliphatic heterocycles. The number of hydrogen-bond acceptors (Lipinski definition) is 4. The maximum atomic E-state index is 13.7. The Kier molecular flexibility index (Phi) is 9.59. The van der Waals surface area contributed by atoms with E-state index in [0.717, 1.165) is 15.4 Å². The molecule has 0 saturated heterocycles. The van der Waals surface area contributed by atoms with E-state index in [2.05, 4.69) is 5.32 Å². The van der Waals surface area contributed by atoms with Crippen molar-refractivity contribution in [1.29, 1.82) is 0 Å². The van der Waals surface area contributed by atoms with Gasteiger partial charge in [0.25, 0.3) is 10.0 Å². The second kappa shape index (κ2) is 12.4. The van der Waals surface area contributed by atoms with Gasteiger partial charge in [-0.25, -0.2) is 8.42 Å². The van der Waals surface area contributed by atoms with Gasteiger partial charge in [0, 0.05) is 13.6 Å². The fourth-order valence-corrected chi connectivity index (χ4v) is 5.48. The molecular weight excluding hydrogens is 533 g/mol. The summed E-state index contributed by atoms with van der Waals surface area (Å²) in [6.07, 6.45) is 0.491. The van der Waals surface area contributed by atoms with E-state index in [1.165, 1.54) is 42.3 Å². The molecular formula is C27H29Cl2N3O4S. The summed E-state index contributed by atoms with van der Waals surface area (Å²) in [6, 6.07) is 19.4.